The lowest BCUT2D eigenvalue weighted by atomic mass is 9.86. The van der Waals surface area contributed by atoms with Crippen molar-refractivity contribution in [3.63, 3.8) is 0 Å². The summed E-state index contributed by atoms with van der Waals surface area (Å²) in [5.41, 5.74) is 0. The first kappa shape index (κ1) is 21.6. The number of ketones is 2. The van der Waals surface area contributed by atoms with Crippen molar-refractivity contribution >= 4 is 17.5 Å². The van der Waals surface area contributed by atoms with Crippen molar-refractivity contribution in [1.82, 2.24) is 0 Å². The van der Waals surface area contributed by atoms with E-state index in [0.717, 1.165) is 19.3 Å². The number of Topliss-reactive ketones (excluding diaryl/α,β-unsaturated/α-hetero) is 2. The molecule has 25 heavy (non-hydrogen) atoms. The van der Waals surface area contributed by atoms with Crippen LogP contribution in [0.5, 0.6) is 0 Å². The molecule has 2 unspecified atom stereocenters. The lowest BCUT2D eigenvalue weighted by Crippen LogP contribution is -2.21. The molecule has 3 atom stereocenters. The van der Waals surface area contributed by atoms with Crippen LogP contribution in [0.25, 0.3) is 0 Å². The minimum absolute atomic E-state index is 0.0751. The van der Waals surface area contributed by atoms with Gasteiger partial charge in [-0.25, -0.2) is 0 Å². The Kier molecular flexibility index (Phi) is 10.3. The largest absolute Gasteiger partial charge is 0.481 e. The van der Waals surface area contributed by atoms with E-state index in [1.807, 2.05) is 12.2 Å². The Bertz CT molecular complexity index is 469. The minimum Gasteiger partial charge on any atom is -0.481 e. The molecule has 1 rings (SSSR count). The molecular formula is C20H32O5. The Hall–Kier alpha value is -1.49. The van der Waals surface area contributed by atoms with Crippen LogP contribution in [0, 0.1) is 11.8 Å². The third-order valence-corrected chi connectivity index (χ3v) is 4.97. The standard InChI is InChI=1S/C20H32O5/c1-2-3-6-9-15(21)12-13-17-16(18(22)14-19(17)23)10-7-4-5-8-11-20(24)25/h4,7,16-17,19,23H,2-3,5-6,8-14H2,1H3,(H,24,25)/t16?,17-,19?/m1/s1. The molecule has 142 valence electrons. The maximum absolute atomic E-state index is 12.1. The number of carbonyl (C=O) groups is 3. The Balaban J connectivity index is 2.39. The van der Waals surface area contributed by atoms with E-state index in [4.69, 9.17) is 5.11 Å². The molecule has 0 aliphatic heterocycles. The number of hydrogen-bond donors (Lipinski definition) is 2. The third-order valence-electron chi connectivity index (χ3n) is 4.97. The molecule has 0 aromatic carbocycles. The maximum Gasteiger partial charge on any atom is 0.303 e. The quantitative estimate of drug-likeness (QED) is 0.390. The minimum atomic E-state index is -0.800. The van der Waals surface area contributed by atoms with Crippen molar-refractivity contribution in [2.45, 2.75) is 83.7 Å². The zero-order valence-electron chi connectivity index (χ0n) is 15.3. The summed E-state index contributed by atoms with van der Waals surface area (Å²) in [7, 11) is 0. The van der Waals surface area contributed by atoms with Gasteiger partial charge >= 0.3 is 5.97 Å². The number of rotatable bonds is 13. The van der Waals surface area contributed by atoms with Crippen LogP contribution in [-0.4, -0.2) is 33.9 Å². The molecular weight excluding hydrogens is 320 g/mol. The van der Waals surface area contributed by atoms with Gasteiger partial charge in [-0.05, 0) is 38.0 Å². The van der Waals surface area contributed by atoms with E-state index < -0.39 is 12.1 Å². The first-order valence-corrected chi connectivity index (χ1v) is 9.55. The fourth-order valence-electron chi connectivity index (χ4n) is 3.47. The zero-order chi connectivity index (χ0) is 18.7. The SMILES string of the molecule is CCCCCC(=O)CC[C@H]1C(O)CC(=O)C1CC=CCCCC(=O)O. The second-order valence-corrected chi connectivity index (χ2v) is 7.04. The first-order chi connectivity index (χ1) is 12.0. The van der Waals surface area contributed by atoms with Crippen molar-refractivity contribution < 1.29 is 24.6 Å². The molecule has 1 aliphatic rings. The van der Waals surface area contributed by atoms with Gasteiger partial charge in [0.15, 0.2) is 0 Å². The number of hydrogen-bond acceptors (Lipinski definition) is 4. The van der Waals surface area contributed by atoms with E-state index in [1.54, 1.807) is 0 Å². The van der Waals surface area contributed by atoms with Crippen molar-refractivity contribution in [3.8, 4) is 0 Å². The fraction of sp³-hybridized carbons (Fsp3) is 0.750. The molecule has 0 aromatic rings. The molecule has 0 spiro atoms. The monoisotopic (exact) mass is 352 g/mol. The normalized spacial score (nSPS) is 23.4. The zero-order valence-corrected chi connectivity index (χ0v) is 15.3. The molecule has 1 fully saturated rings. The van der Waals surface area contributed by atoms with Gasteiger partial charge in [0.05, 0.1) is 6.10 Å². The average Bonchev–Trinajstić information content (AvgIpc) is 2.82. The Morgan fingerprint density at radius 2 is 1.88 bits per heavy atom. The van der Waals surface area contributed by atoms with Gasteiger partial charge in [0, 0.05) is 31.6 Å². The van der Waals surface area contributed by atoms with Gasteiger partial charge in [0.25, 0.3) is 0 Å². The number of aliphatic carboxylic acids is 1. The lowest BCUT2D eigenvalue weighted by molar-refractivity contribution is -0.137. The van der Waals surface area contributed by atoms with Gasteiger partial charge in [-0.3, -0.25) is 14.4 Å². The van der Waals surface area contributed by atoms with E-state index in [-0.39, 0.29) is 36.2 Å². The topological polar surface area (TPSA) is 91.7 Å². The predicted molar refractivity (Wildman–Crippen MR) is 96.2 cm³/mol. The second-order valence-electron chi connectivity index (χ2n) is 7.04. The van der Waals surface area contributed by atoms with E-state index in [1.165, 1.54) is 0 Å². The van der Waals surface area contributed by atoms with Crippen LogP contribution >= 0.6 is 0 Å². The predicted octanol–water partition coefficient (Wildman–Crippen LogP) is 3.68. The molecule has 2 N–H and O–H groups in total. The fourth-order valence-corrected chi connectivity index (χ4v) is 3.47. The summed E-state index contributed by atoms with van der Waals surface area (Å²) in [6, 6.07) is 0. The van der Waals surface area contributed by atoms with Crippen LogP contribution < -0.4 is 0 Å². The number of aliphatic hydroxyl groups excluding tert-OH is 1. The van der Waals surface area contributed by atoms with E-state index >= 15 is 0 Å². The average molecular weight is 352 g/mol. The van der Waals surface area contributed by atoms with Gasteiger partial charge in [-0.15, -0.1) is 0 Å². The van der Waals surface area contributed by atoms with Crippen molar-refractivity contribution in [3.05, 3.63) is 12.2 Å². The Morgan fingerprint density at radius 3 is 2.56 bits per heavy atom. The van der Waals surface area contributed by atoms with E-state index in [0.29, 0.717) is 38.5 Å². The van der Waals surface area contributed by atoms with Gasteiger partial charge in [-0.1, -0.05) is 31.9 Å². The van der Waals surface area contributed by atoms with Gasteiger partial charge in [0.1, 0.15) is 11.6 Å². The number of carboxylic acid groups (broad SMARTS) is 1. The molecule has 0 saturated heterocycles. The van der Waals surface area contributed by atoms with Crippen LogP contribution in [0.15, 0.2) is 12.2 Å². The lowest BCUT2D eigenvalue weighted by Gasteiger charge is -2.19. The molecule has 0 aromatic heterocycles. The second kappa shape index (κ2) is 12.0. The molecule has 0 bridgehead atoms. The van der Waals surface area contributed by atoms with Gasteiger partial charge < -0.3 is 10.2 Å². The Labute approximate surface area is 150 Å². The smallest absolute Gasteiger partial charge is 0.303 e. The highest BCUT2D eigenvalue weighted by Gasteiger charge is 2.40. The van der Waals surface area contributed by atoms with Gasteiger partial charge in [0.2, 0.25) is 0 Å². The molecule has 1 saturated carbocycles. The molecule has 5 nitrogen and oxygen atoms in total. The van der Waals surface area contributed by atoms with E-state index in [9.17, 15) is 19.5 Å². The van der Waals surface area contributed by atoms with Crippen molar-refractivity contribution in [1.29, 1.82) is 0 Å². The summed E-state index contributed by atoms with van der Waals surface area (Å²) < 4.78 is 0. The third kappa shape index (κ3) is 8.43. The first-order valence-electron chi connectivity index (χ1n) is 9.55. The van der Waals surface area contributed by atoms with Gasteiger partial charge in [-0.2, -0.15) is 0 Å². The number of unbranched alkanes of at least 4 members (excludes halogenated alkanes) is 3. The summed E-state index contributed by atoms with van der Waals surface area (Å²) in [4.78, 5) is 34.5. The van der Waals surface area contributed by atoms with Crippen LogP contribution in [0.1, 0.15) is 77.6 Å². The Morgan fingerprint density at radius 1 is 1.12 bits per heavy atom. The van der Waals surface area contributed by atoms with E-state index in [2.05, 4.69) is 6.92 Å². The van der Waals surface area contributed by atoms with Crippen molar-refractivity contribution in [2.24, 2.45) is 11.8 Å². The van der Waals surface area contributed by atoms with Crippen LogP contribution in [-0.2, 0) is 14.4 Å². The number of aliphatic hydroxyl groups is 1. The summed E-state index contributed by atoms with van der Waals surface area (Å²) in [6.45, 7) is 2.10. The number of carboxylic acids is 1. The highest BCUT2D eigenvalue weighted by atomic mass is 16.4. The molecule has 0 amide bonds. The molecule has 0 radical (unpaired) electrons. The summed E-state index contributed by atoms with van der Waals surface area (Å²) >= 11 is 0. The van der Waals surface area contributed by atoms with Crippen LogP contribution in [0.3, 0.4) is 0 Å². The maximum atomic E-state index is 12.1. The molecule has 1 aliphatic carbocycles. The highest BCUT2D eigenvalue weighted by molar-refractivity contribution is 5.84. The van der Waals surface area contributed by atoms with Crippen LogP contribution in [0.2, 0.25) is 0 Å². The highest BCUT2D eigenvalue weighted by Crippen LogP contribution is 2.35. The van der Waals surface area contributed by atoms with Crippen molar-refractivity contribution in [2.75, 3.05) is 0 Å². The van der Waals surface area contributed by atoms with Crippen LogP contribution in [0.4, 0.5) is 0 Å². The number of carbonyl (C=O) groups excluding carboxylic acids is 2. The number of allylic oxidation sites excluding steroid dienone is 2. The summed E-state index contributed by atoms with van der Waals surface area (Å²) in [6.07, 6.45) is 10.0. The summed E-state index contributed by atoms with van der Waals surface area (Å²) in [5.74, 6) is -0.847. The molecule has 5 heteroatoms. The summed E-state index contributed by atoms with van der Waals surface area (Å²) in [5, 5.41) is 18.7. The molecule has 0 heterocycles.